The van der Waals surface area contributed by atoms with Gasteiger partial charge in [0.05, 0.1) is 18.0 Å². The molecule has 0 spiro atoms. The summed E-state index contributed by atoms with van der Waals surface area (Å²) < 4.78 is 27.4. The minimum absolute atomic E-state index is 0.0456. The summed E-state index contributed by atoms with van der Waals surface area (Å²) in [5.41, 5.74) is 3.03. The average molecular weight is 461 g/mol. The van der Waals surface area contributed by atoms with Crippen LogP contribution in [-0.2, 0) is 0 Å². The third-order valence-electron chi connectivity index (χ3n) is 7.15. The van der Waals surface area contributed by atoms with Crippen LogP contribution < -0.4 is 9.47 Å². The van der Waals surface area contributed by atoms with E-state index in [1.807, 2.05) is 37.3 Å². The van der Waals surface area contributed by atoms with Crippen LogP contribution in [0.25, 0.3) is 28.2 Å². The van der Waals surface area contributed by atoms with Gasteiger partial charge in [0.2, 0.25) is 5.88 Å². The molecule has 0 radical (unpaired) electrons. The van der Waals surface area contributed by atoms with Crippen molar-refractivity contribution in [2.24, 2.45) is 0 Å². The third kappa shape index (κ3) is 3.84. The van der Waals surface area contributed by atoms with Crippen molar-refractivity contribution in [2.45, 2.75) is 38.1 Å². The zero-order valence-corrected chi connectivity index (χ0v) is 19.7. The van der Waals surface area contributed by atoms with Crippen molar-refractivity contribution in [1.29, 1.82) is 0 Å². The van der Waals surface area contributed by atoms with Gasteiger partial charge in [0.25, 0.3) is 0 Å². The lowest BCUT2D eigenvalue weighted by molar-refractivity contribution is 0.107. The predicted octanol–water partition coefficient (Wildman–Crippen LogP) is 5.35. The summed E-state index contributed by atoms with van der Waals surface area (Å²) in [6.07, 6.45) is 11.6. The minimum atomic E-state index is -0.516. The summed E-state index contributed by atoms with van der Waals surface area (Å²) in [6, 6.07) is 5.86. The molecule has 6 nitrogen and oxygen atoms in total. The molecule has 5 rings (SSSR count). The number of allylic oxidation sites excluding steroid dienone is 2. The van der Waals surface area contributed by atoms with Crippen molar-refractivity contribution in [3.63, 3.8) is 0 Å². The molecule has 0 N–H and O–H groups in total. The number of hydrogen-bond donors (Lipinski definition) is 0. The number of aromatic nitrogens is 3. The Hall–Kier alpha value is -3.32. The predicted molar refractivity (Wildman–Crippen MR) is 132 cm³/mol. The second-order valence-electron chi connectivity index (χ2n) is 9.02. The van der Waals surface area contributed by atoms with E-state index < -0.39 is 5.82 Å². The molecule has 0 unspecified atom stereocenters. The van der Waals surface area contributed by atoms with E-state index in [4.69, 9.17) is 9.47 Å². The molecule has 34 heavy (non-hydrogen) atoms. The summed E-state index contributed by atoms with van der Waals surface area (Å²) in [4.78, 5) is 15.8. The number of benzene rings is 1. The largest absolute Gasteiger partial charge is 0.480 e. The molecule has 3 aromatic rings. The lowest BCUT2D eigenvalue weighted by atomic mass is 9.95. The Kier molecular flexibility index (Phi) is 6.04. The highest BCUT2D eigenvalue weighted by molar-refractivity contribution is 5.87. The highest BCUT2D eigenvalue weighted by Gasteiger charge is 2.45. The van der Waals surface area contributed by atoms with Crippen molar-refractivity contribution < 1.29 is 13.9 Å². The van der Waals surface area contributed by atoms with E-state index in [0.29, 0.717) is 17.6 Å². The molecular formula is C27H29FN4O2. The molecule has 2 aliphatic heterocycles. The summed E-state index contributed by atoms with van der Waals surface area (Å²) in [5.74, 6) is -0.262. The SMILES string of the molecule is C=C/C=C\c1cccc(-c2ncc3c(OC)nc(OCC45CCCN4CCC5)nc3c2F)c1C. The fourth-order valence-electron chi connectivity index (χ4n) is 5.34. The van der Waals surface area contributed by atoms with Gasteiger partial charge in [0, 0.05) is 11.8 Å². The highest BCUT2D eigenvalue weighted by atomic mass is 19.1. The van der Waals surface area contributed by atoms with E-state index >= 15 is 4.39 Å². The smallest absolute Gasteiger partial charge is 0.320 e. The Morgan fingerprint density at radius 3 is 2.74 bits per heavy atom. The van der Waals surface area contributed by atoms with Crippen LogP contribution in [0.1, 0.15) is 36.8 Å². The van der Waals surface area contributed by atoms with Gasteiger partial charge in [0.15, 0.2) is 5.82 Å². The second kappa shape index (κ2) is 9.14. The molecular weight excluding hydrogens is 431 g/mol. The van der Waals surface area contributed by atoms with Gasteiger partial charge in [-0.2, -0.15) is 9.97 Å². The van der Waals surface area contributed by atoms with Crippen molar-refractivity contribution >= 4 is 17.0 Å². The Bertz CT molecular complexity index is 1260. The molecule has 2 aromatic heterocycles. The number of halogens is 1. The molecule has 0 aliphatic carbocycles. The van der Waals surface area contributed by atoms with Crippen LogP contribution in [0.5, 0.6) is 11.9 Å². The van der Waals surface area contributed by atoms with Crippen molar-refractivity contribution in [3.8, 4) is 23.1 Å². The first-order chi connectivity index (χ1) is 16.6. The molecule has 0 saturated carbocycles. The molecule has 0 atom stereocenters. The van der Waals surface area contributed by atoms with E-state index in [1.165, 1.54) is 20.0 Å². The fourth-order valence-corrected chi connectivity index (χ4v) is 5.34. The summed E-state index contributed by atoms with van der Waals surface area (Å²) >= 11 is 0. The number of rotatable bonds is 7. The van der Waals surface area contributed by atoms with Crippen LogP contribution in [0.2, 0.25) is 0 Å². The topological polar surface area (TPSA) is 60.4 Å². The zero-order valence-electron chi connectivity index (χ0n) is 19.7. The van der Waals surface area contributed by atoms with Gasteiger partial charge in [0.1, 0.15) is 17.8 Å². The van der Waals surface area contributed by atoms with Gasteiger partial charge >= 0.3 is 6.01 Å². The van der Waals surface area contributed by atoms with Crippen molar-refractivity contribution in [3.05, 3.63) is 60.1 Å². The Morgan fingerprint density at radius 2 is 2.00 bits per heavy atom. The molecule has 7 heteroatoms. The van der Waals surface area contributed by atoms with Gasteiger partial charge in [-0.25, -0.2) is 4.39 Å². The minimum Gasteiger partial charge on any atom is -0.480 e. The lowest BCUT2D eigenvalue weighted by Crippen LogP contribution is -2.43. The van der Waals surface area contributed by atoms with Crippen LogP contribution in [-0.4, -0.2) is 52.2 Å². The molecule has 2 fully saturated rings. The first-order valence-corrected chi connectivity index (χ1v) is 11.7. The van der Waals surface area contributed by atoms with Crippen molar-refractivity contribution in [2.75, 3.05) is 26.8 Å². The summed E-state index contributed by atoms with van der Waals surface area (Å²) in [7, 11) is 1.51. The second-order valence-corrected chi connectivity index (χ2v) is 9.02. The summed E-state index contributed by atoms with van der Waals surface area (Å²) in [6.45, 7) is 8.38. The molecule has 0 bridgehead atoms. The molecule has 1 aromatic carbocycles. The number of ether oxygens (including phenoxy) is 2. The summed E-state index contributed by atoms with van der Waals surface area (Å²) in [5, 5.41) is 0.415. The molecule has 4 heterocycles. The van der Waals surface area contributed by atoms with Crippen LogP contribution in [0, 0.1) is 12.7 Å². The van der Waals surface area contributed by atoms with Gasteiger partial charge in [-0.15, -0.1) is 0 Å². The van der Waals surface area contributed by atoms with Crippen LogP contribution in [0.4, 0.5) is 4.39 Å². The normalized spacial score (nSPS) is 17.4. The Balaban J connectivity index is 1.54. The fraction of sp³-hybridized carbons (Fsp3) is 0.370. The number of pyridine rings is 1. The van der Waals surface area contributed by atoms with E-state index in [2.05, 4.69) is 26.4 Å². The van der Waals surface area contributed by atoms with Crippen LogP contribution in [0.15, 0.2) is 43.1 Å². The number of nitrogens with zero attached hydrogens (tertiary/aromatic N) is 4. The van der Waals surface area contributed by atoms with E-state index in [9.17, 15) is 0 Å². The van der Waals surface area contributed by atoms with Crippen LogP contribution in [0.3, 0.4) is 0 Å². The van der Waals surface area contributed by atoms with Gasteiger partial charge in [-0.05, 0) is 56.8 Å². The van der Waals surface area contributed by atoms with E-state index in [-0.39, 0.29) is 28.6 Å². The van der Waals surface area contributed by atoms with Crippen LogP contribution >= 0.6 is 0 Å². The average Bonchev–Trinajstić information content (AvgIpc) is 3.43. The number of fused-ring (bicyclic) bond motifs is 2. The van der Waals surface area contributed by atoms with Crippen molar-refractivity contribution in [1.82, 2.24) is 19.9 Å². The van der Waals surface area contributed by atoms with E-state index in [1.54, 1.807) is 12.3 Å². The van der Waals surface area contributed by atoms with Gasteiger partial charge < -0.3 is 9.47 Å². The number of hydrogen-bond acceptors (Lipinski definition) is 6. The lowest BCUT2D eigenvalue weighted by Gasteiger charge is -2.31. The Labute approximate surface area is 199 Å². The quantitative estimate of drug-likeness (QED) is 0.443. The maximum atomic E-state index is 15.9. The number of methoxy groups -OCH3 is 1. The Morgan fingerprint density at radius 1 is 1.21 bits per heavy atom. The zero-order chi connectivity index (χ0) is 23.7. The molecule has 2 aliphatic rings. The first-order valence-electron chi connectivity index (χ1n) is 11.7. The maximum absolute atomic E-state index is 15.9. The molecule has 176 valence electrons. The first kappa shape index (κ1) is 22.5. The monoisotopic (exact) mass is 460 g/mol. The van der Waals surface area contributed by atoms with Gasteiger partial charge in [-0.3, -0.25) is 9.88 Å². The maximum Gasteiger partial charge on any atom is 0.320 e. The highest BCUT2D eigenvalue weighted by Crippen LogP contribution is 2.39. The molecule has 2 saturated heterocycles. The van der Waals surface area contributed by atoms with E-state index in [0.717, 1.165) is 37.1 Å². The molecule has 0 amide bonds. The van der Waals surface area contributed by atoms with Gasteiger partial charge in [-0.1, -0.05) is 43.0 Å². The third-order valence-corrected chi connectivity index (χ3v) is 7.15. The standard InChI is InChI=1S/C27H29FN4O2/c1-4-5-9-19-10-6-11-20(18(19)2)23-22(28)24-21(16-29-23)25(33-3)31-26(30-24)34-17-27-12-7-14-32(27)15-8-13-27/h4-6,9-11,16H,1,7-8,12-15,17H2,2-3H3/b9-5-.